The molecule has 2 aliphatic rings. The van der Waals surface area contributed by atoms with E-state index < -0.39 is 5.41 Å². The molecule has 4 heteroatoms. The van der Waals surface area contributed by atoms with Crippen molar-refractivity contribution in [2.75, 3.05) is 9.80 Å². The van der Waals surface area contributed by atoms with Gasteiger partial charge in [-0.3, -0.25) is 0 Å². The number of nitrogens with zero attached hydrogens (tertiary/aromatic N) is 2. The van der Waals surface area contributed by atoms with Gasteiger partial charge in [-0.2, -0.15) is 0 Å². The molecule has 0 saturated heterocycles. The van der Waals surface area contributed by atoms with Gasteiger partial charge in [0.15, 0.2) is 11.2 Å². The maximum absolute atomic E-state index is 7.45. The monoisotopic (exact) mass is 1050 g/mol. The molecule has 1 spiro atoms. The summed E-state index contributed by atoms with van der Waals surface area (Å²) in [5.74, 6) is 0. The maximum Gasteiger partial charge on any atom is 0.160 e. The first kappa shape index (κ1) is 50.6. The molecule has 0 N–H and O–H groups in total. The van der Waals surface area contributed by atoms with Gasteiger partial charge >= 0.3 is 0 Å². The number of rotatable bonds is 6. The first-order valence-corrected chi connectivity index (χ1v) is 28.9. The minimum Gasteiger partial charge on any atom is -0.454 e. The Balaban J connectivity index is 1.17. The lowest BCUT2D eigenvalue weighted by Gasteiger charge is -2.33. The highest BCUT2D eigenvalue weighted by molar-refractivity contribution is 6.27. The molecule has 0 bridgehead atoms. The van der Waals surface area contributed by atoms with Crippen LogP contribution in [0, 0.1) is 0 Å². The van der Waals surface area contributed by atoms with Crippen molar-refractivity contribution in [2.24, 2.45) is 0 Å². The fraction of sp³-hybridized carbons (Fsp3) is 0.221. The zero-order chi connectivity index (χ0) is 56.1. The number of fused-ring (bicyclic) bond motifs is 18. The molecule has 0 fully saturated rings. The van der Waals surface area contributed by atoms with Gasteiger partial charge < -0.3 is 18.6 Å². The van der Waals surface area contributed by atoms with Gasteiger partial charge in [-0.25, -0.2) is 0 Å². The molecular weight excluding hydrogens is 985 g/mol. The van der Waals surface area contributed by atoms with E-state index in [9.17, 15) is 0 Å². The Kier molecular flexibility index (Phi) is 11.1. The molecule has 2 heterocycles. The Bertz CT molecular complexity index is 4060. The first-order chi connectivity index (χ1) is 38.7. The van der Waals surface area contributed by atoms with Gasteiger partial charge in [0.1, 0.15) is 11.2 Å². The molecule has 0 saturated carbocycles. The van der Waals surface area contributed by atoms with Gasteiger partial charge in [-0.15, -0.1) is 0 Å². The summed E-state index contributed by atoms with van der Waals surface area (Å²) in [6.45, 7) is 27.4. The summed E-state index contributed by atoms with van der Waals surface area (Å²) in [5, 5.41) is 4.33. The predicted molar refractivity (Wildman–Crippen MR) is 341 cm³/mol. The zero-order valence-corrected chi connectivity index (χ0v) is 48.8. The molecule has 14 rings (SSSR count). The van der Waals surface area contributed by atoms with Crippen LogP contribution >= 0.6 is 0 Å². The normalized spacial score (nSPS) is 13.8. The zero-order valence-electron chi connectivity index (χ0n) is 48.8. The summed E-state index contributed by atoms with van der Waals surface area (Å²) in [5.41, 5.74) is 23.5. The van der Waals surface area contributed by atoms with Crippen LogP contribution in [0.5, 0.6) is 0 Å². The van der Waals surface area contributed by atoms with Crippen LogP contribution in [0.2, 0.25) is 0 Å². The Morgan fingerprint density at radius 1 is 0.309 bits per heavy atom. The van der Waals surface area contributed by atoms with E-state index in [1.807, 2.05) is 0 Å². The molecule has 10 aromatic carbocycles. The van der Waals surface area contributed by atoms with E-state index in [0.29, 0.717) is 0 Å². The number of hydrogen-bond acceptors (Lipinski definition) is 4. The van der Waals surface area contributed by atoms with Crippen molar-refractivity contribution in [2.45, 2.75) is 110 Å². The number of anilines is 6. The smallest absolute Gasteiger partial charge is 0.160 e. The summed E-state index contributed by atoms with van der Waals surface area (Å²) < 4.78 is 14.9. The van der Waals surface area contributed by atoms with E-state index in [4.69, 9.17) is 8.83 Å². The van der Waals surface area contributed by atoms with E-state index in [0.717, 1.165) is 78.0 Å². The molecule has 12 aromatic rings. The average Bonchev–Trinajstić information content (AvgIpc) is 1.66. The van der Waals surface area contributed by atoms with Gasteiger partial charge in [-0.1, -0.05) is 217 Å². The quantitative estimate of drug-likeness (QED) is 0.166. The van der Waals surface area contributed by atoms with E-state index in [-0.39, 0.29) is 21.7 Å². The topological polar surface area (TPSA) is 32.8 Å². The maximum atomic E-state index is 7.45. The highest BCUT2D eigenvalue weighted by Gasteiger charge is 2.54. The number of hydrogen-bond donors (Lipinski definition) is 0. The molecule has 0 radical (unpaired) electrons. The van der Waals surface area contributed by atoms with Crippen molar-refractivity contribution >= 4 is 78.0 Å². The van der Waals surface area contributed by atoms with Crippen molar-refractivity contribution in [3.05, 3.63) is 251 Å². The van der Waals surface area contributed by atoms with Crippen molar-refractivity contribution in [3.63, 3.8) is 0 Å². The summed E-state index contributed by atoms with van der Waals surface area (Å²) >= 11 is 0. The summed E-state index contributed by atoms with van der Waals surface area (Å²) in [4.78, 5) is 4.90. The lowest BCUT2D eigenvalue weighted by Crippen LogP contribution is -2.26. The van der Waals surface area contributed by atoms with E-state index in [2.05, 4.69) is 299 Å². The Morgan fingerprint density at radius 3 is 0.901 bits per heavy atom. The summed E-state index contributed by atoms with van der Waals surface area (Å²) in [6.07, 6.45) is 0. The Hall–Kier alpha value is -8.60. The second-order valence-corrected chi connectivity index (χ2v) is 26.9. The third-order valence-corrected chi connectivity index (χ3v) is 17.7. The van der Waals surface area contributed by atoms with Crippen LogP contribution in [0.25, 0.3) is 66.1 Å². The predicted octanol–water partition coefficient (Wildman–Crippen LogP) is 22.0. The molecule has 81 heavy (non-hydrogen) atoms. The van der Waals surface area contributed by atoms with Crippen molar-refractivity contribution in [1.29, 1.82) is 0 Å². The molecule has 2 aromatic heterocycles. The van der Waals surface area contributed by atoms with Crippen molar-refractivity contribution in [1.82, 2.24) is 0 Å². The first-order valence-electron chi connectivity index (χ1n) is 28.9. The van der Waals surface area contributed by atoms with E-state index >= 15 is 0 Å². The molecular formula is C77H70N2O2. The van der Waals surface area contributed by atoms with Crippen molar-refractivity contribution < 1.29 is 8.83 Å². The van der Waals surface area contributed by atoms with Gasteiger partial charge in [-0.05, 0) is 161 Å². The molecule has 0 aliphatic heterocycles. The van der Waals surface area contributed by atoms with Crippen LogP contribution in [0.1, 0.15) is 128 Å². The number of benzene rings is 10. The lowest BCUT2D eigenvalue weighted by atomic mass is 9.70. The van der Waals surface area contributed by atoms with Gasteiger partial charge in [0.25, 0.3) is 0 Å². The van der Waals surface area contributed by atoms with Crippen LogP contribution in [0.15, 0.2) is 215 Å². The minimum absolute atomic E-state index is 0.0263. The molecule has 0 unspecified atom stereocenters. The van der Waals surface area contributed by atoms with Crippen LogP contribution in [0.3, 0.4) is 0 Å². The standard InChI is InChI=1S/C77H70N2O2/c1-73(2,3)47-29-37-51(38-30-47)78(52-39-31-48(32-40-52)74(4,5)6)63-45-61-69(67-57-23-15-19-27-65(57)80-71(63)67)70-62(77(61)59-25-17-13-21-55(59)56-22-14-18-26-60(56)77)46-64(72-68(70)58-24-16-20-28-66(58)81-72)79(53-41-33-49(34-42-53)75(7,8)9)54-43-35-50(36-44-54)76(10,11)12/h13-46H,1-12H3. The lowest BCUT2D eigenvalue weighted by molar-refractivity contribution is 0.590. The SMILES string of the molecule is CC(C)(C)c1ccc(N(c2ccc(C(C)(C)C)cc2)c2cc3c(c4c2oc2ccccc24)-c2c(cc(N(c4ccc(C(C)(C)C)cc4)c4ccc(C(C)(C)C)cc4)c4oc5ccccc5c24)C32c3ccccc3-c3ccccc32)cc1. The van der Waals surface area contributed by atoms with Gasteiger partial charge in [0.05, 0.1) is 16.8 Å². The van der Waals surface area contributed by atoms with Gasteiger partial charge in [0.2, 0.25) is 0 Å². The third-order valence-electron chi connectivity index (χ3n) is 17.7. The second kappa shape index (κ2) is 17.7. The highest BCUT2D eigenvalue weighted by atomic mass is 16.3. The molecule has 2 aliphatic carbocycles. The largest absolute Gasteiger partial charge is 0.454 e. The number of furan rings is 2. The van der Waals surface area contributed by atoms with Crippen LogP contribution in [-0.4, -0.2) is 0 Å². The molecule has 0 atom stereocenters. The minimum atomic E-state index is -0.795. The van der Waals surface area contributed by atoms with E-state index in [1.54, 1.807) is 0 Å². The fourth-order valence-electron chi connectivity index (χ4n) is 13.5. The van der Waals surface area contributed by atoms with E-state index in [1.165, 1.54) is 66.8 Å². The van der Waals surface area contributed by atoms with Gasteiger partial charge in [0, 0.05) is 44.3 Å². The second-order valence-electron chi connectivity index (χ2n) is 26.9. The highest BCUT2D eigenvalue weighted by Crippen LogP contribution is 2.68. The van der Waals surface area contributed by atoms with Crippen LogP contribution in [-0.2, 0) is 27.1 Å². The number of para-hydroxylation sites is 2. The summed E-state index contributed by atoms with van der Waals surface area (Å²) in [7, 11) is 0. The van der Waals surface area contributed by atoms with Crippen molar-refractivity contribution in [3.8, 4) is 22.3 Å². The fourth-order valence-corrected chi connectivity index (χ4v) is 13.5. The van der Waals surface area contributed by atoms with Crippen LogP contribution < -0.4 is 9.80 Å². The average molecular weight is 1060 g/mol. The Morgan fingerprint density at radius 2 is 0.593 bits per heavy atom. The molecule has 400 valence electrons. The molecule has 4 nitrogen and oxygen atoms in total. The molecule has 0 amide bonds. The third kappa shape index (κ3) is 7.69. The summed E-state index contributed by atoms with van der Waals surface area (Å²) in [6, 6.07) is 77.5. The van der Waals surface area contributed by atoms with Crippen LogP contribution in [0.4, 0.5) is 34.1 Å². The Labute approximate surface area is 477 Å².